The SMILES string of the molecule is CN(C(=O)N(CC(=O)O)c1ccccc1)C1CCOC1. The molecule has 2 rings (SSSR count). The van der Waals surface area contributed by atoms with E-state index in [0.717, 1.165) is 6.42 Å². The summed E-state index contributed by atoms with van der Waals surface area (Å²) in [6.07, 6.45) is 0.776. The molecule has 0 saturated carbocycles. The summed E-state index contributed by atoms with van der Waals surface area (Å²) in [6, 6.07) is 8.49. The van der Waals surface area contributed by atoms with Crippen molar-refractivity contribution in [3.05, 3.63) is 30.3 Å². The first-order valence-corrected chi connectivity index (χ1v) is 6.48. The van der Waals surface area contributed by atoms with Gasteiger partial charge in [0.1, 0.15) is 6.54 Å². The first-order chi connectivity index (χ1) is 9.59. The molecule has 2 amide bonds. The van der Waals surface area contributed by atoms with E-state index < -0.39 is 5.97 Å². The number of hydrogen-bond acceptors (Lipinski definition) is 3. The van der Waals surface area contributed by atoms with Gasteiger partial charge in [-0.25, -0.2) is 4.79 Å². The fourth-order valence-corrected chi connectivity index (χ4v) is 2.19. The van der Waals surface area contributed by atoms with Gasteiger partial charge in [0.15, 0.2) is 0 Å². The highest BCUT2D eigenvalue weighted by Crippen LogP contribution is 2.18. The fraction of sp³-hybridized carbons (Fsp3) is 0.429. The van der Waals surface area contributed by atoms with Crippen LogP contribution in [0.5, 0.6) is 0 Å². The Hall–Kier alpha value is -2.08. The van der Waals surface area contributed by atoms with Gasteiger partial charge in [0.25, 0.3) is 0 Å². The van der Waals surface area contributed by atoms with E-state index in [-0.39, 0.29) is 18.6 Å². The molecule has 1 unspecified atom stereocenters. The maximum absolute atomic E-state index is 12.5. The van der Waals surface area contributed by atoms with Crippen LogP contribution in [0.2, 0.25) is 0 Å². The van der Waals surface area contributed by atoms with E-state index >= 15 is 0 Å². The van der Waals surface area contributed by atoms with Crippen LogP contribution >= 0.6 is 0 Å². The predicted molar refractivity (Wildman–Crippen MR) is 73.8 cm³/mol. The third-order valence-electron chi connectivity index (χ3n) is 3.35. The summed E-state index contributed by atoms with van der Waals surface area (Å²) in [5, 5.41) is 9.00. The van der Waals surface area contributed by atoms with E-state index in [9.17, 15) is 9.59 Å². The number of carboxylic acids is 1. The summed E-state index contributed by atoms with van der Waals surface area (Å²) in [5.41, 5.74) is 0.575. The first kappa shape index (κ1) is 14.3. The molecule has 108 valence electrons. The molecule has 6 heteroatoms. The Balaban J connectivity index is 2.17. The van der Waals surface area contributed by atoms with Gasteiger partial charge >= 0.3 is 12.0 Å². The minimum absolute atomic E-state index is 0.00232. The van der Waals surface area contributed by atoms with Crippen molar-refractivity contribution >= 4 is 17.7 Å². The minimum atomic E-state index is -1.04. The van der Waals surface area contributed by atoms with Crippen LogP contribution in [0.15, 0.2) is 30.3 Å². The average Bonchev–Trinajstić information content (AvgIpc) is 2.98. The van der Waals surface area contributed by atoms with Crippen LogP contribution in [0.3, 0.4) is 0 Å². The highest BCUT2D eigenvalue weighted by atomic mass is 16.5. The number of hydrogen-bond donors (Lipinski definition) is 1. The highest BCUT2D eigenvalue weighted by molar-refractivity contribution is 5.96. The monoisotopic (exact) mass is 278 g/mol. The van der Waals surface area contributed by atoms with E-state index in [1.807, 2.05) is 6.07 Å². The summed E-state index contributed by atoms with van der Waals surface area (Å²) >= 11 is 0. The smallest absolute Gasteiger partial charge is 0.325 e. The second-order valence-electron chi connectivity index (χ2n) is 4.73. The van der Waals surface area contributed by atoms with Crippen LogP contribution in [-0.4, -0.2) is 54.9 Å². The van der Waals surface area contributed by atoms with Crippen molar-refractivity contribution in [3.8, 4) is 0 Å². The Kier molecular flexibility index (Phi) is 4.57. The zero-order valence-electron chi connectivity index (χ0n) is 11.4. The van der Waals surface area contributed by atoms with E-state index in [0.29, 0.717) is 18.9 Å². The lowest BCUT2D eigenvalue weighted by molar-refractivity contribution is -0.135. The molecule has 1 N–H and O–H groups in total. The van der Waals surface area contributed by atoms with Crippen LogP contribution in [-0.2, 0) is 9.53 Å². The van der Waals surface area contributed by atoms with Crippen molar-refractivity contribution in [2.75, 3.05) is 31.7 Å². The molecule has 0 radical (unpaired) electrons. The average molecular weight is 278 g/mol. The van der Waals surface area contributed by atoms with Crippen molar-refractivity contribution < 1.29 is 19.4 Å². The maximum Gasteiger partial charge on any atom is 0.325 e. The van der Waals surface area contributed by atoms with Crippen molar-refractivity contribution in [3.63, 3.8) is 0 Å². The number of ether oxygens (including phenoxy) is 1. The normalized spacial score (nSPS) is 17.8. The van der Waals surface area contributed by atoms with Crippen LogP contribution in [0.4, 0.5) is 10.5 Å². The number of carboxylic acid groups (broad SMARTS) is 1. The molecule has 1 aromatic rings. The summed E-state index contributed by atoms with van der Waals surface area (Å²) in [4.78, 5) is 26.3. The molecular weight excluding hydrogens is 260 g/mol. The summed E-state index contributed by atoms with van der Waals surface area (Å²) in [6.45, 7) is 0.769. The number of carbonyl (C=O) groups is 2. The molecular formula is C14H18N2O4. The van der Waals surface area contributed by atoms with Gasteiger partial charge in [0.2, 0.25) is 0 Å². The summed E-state index contributed by atoms with van der Waals surface area (Å²) < 4.78 is 5.27. The molecule has 1 atom stereocenters. The molecule has 1 heterocycles. The van der Waals surface area contributed by atoms with Gasteiger partial charge in [-0.15, -0.1) is 0 Å². The lowest BCUT2D eigenvalue weighted by atomic mass is 10.2. The van der Waals surface area contributed by atoms with Gasteiger partial charge < -0.3 is 14.7 Å². The van der Waals surface area contributed by atoms with Gasteiger partial charge in [-0.3, -0.25) is 9.69 Å². The second kappa shape index (κ2) is 6.38. The Morgan fingerprint density at radius 1 is 1.35 bits per heavy atom. The number of carbonyl (C=O) groups excluding carboxylic acids is 1. The molecule has 20 heavy (non-hydrogen) atoms. The highest BCUT2D eigenvalue weighted by Gasteiger charge is 2.29. The Morgan fingerprint density at radius 3 is 2.60 bits per heavy atom. The van der Waals surface area contributed by atoms with Gasteiger partial charge in [-0.2, -0.15) is 0 Å². The molecule has 0 aliphatic carbocycles. The number of aliphatic carboxylic acids is 1. The number of nitrogens with zero attached hydrogens (tertiary/aromatic N) is 2. The molecule has 1 aliphatic heterocycles. The minimum Gasteiger partial charge on any atom is -0.480 e. The van der Waals surface area contributed by atoms with E-state index in [1.165, 1.54) is 4.90 Å². The number of urea groups is 1. The van der Waals surface area contributed by atoms with Crippen LogP contribution in [0.1, 0.15) is 6.42 Å². The number of rotatable bonds is 4. The number of likely N-dealkylation sites (N-methyl/N-ethyl adjacent to an activating group) is 1. The molecule has 0 aromatic heterocycles. The lowest BCUT2D eigenvalue weighted by Crippen LogP contribution is -2.48. The quantitative estimate of drug-likeness (QED) is 0.904. The van der Waals surface area contributed by atoms with E-state index in [2.05, 4.69) is 0 Å². The number of anilines is 1. The third-order valence-corrected chi connectivity index (χ3v) is 3.35. The van der Waals surface area contributed by atoms with Gasteiger partial charge in [-0.1, -0.05) is 18.2 Å². The van der Waals surface area contributed by atoms with Crippen molar-refractivity contribution in [2.24, 2.45) is 0 Å². The number of para-hydroxylation sites is 1. The molecule has 1 saturated heterocycles. The molecule has 0 bridgehead atoms. The topological polar surface area (TPSA) is 70.1 Å². The Morgan fingerprint density at radius 2 is 2.05 bits per heavy atom. The fourth-order valence-electron chi connectivity index (χ4n) is 2.19. The Labute approximate surface area is 117 Å². The molecule has 1 aliphatic rings. The zero-order valence-corrected chi connectivity index (χ0v) is 11.4. The van der Waals surface area contributed by atoms with E-state index in [4.69, 9.17) is 9.84 Å². The maximum atomic E-state index is 12.5. The standard InChI is InChI=1S/C14H18N2O4/c1-15(12-7-8-20-10-12)14(19)16(9-13(17)18)11-5-3-2-4-6-11/h2-6,12H,7-10H2,1H3,(H,17,18). The van der Waals surface area contributed by atoms with Crippen molar-refractivity contribution in [1.82, 2.24) is 4.90 Å². The van der Waals surface area contributed by atoms with Crippen molar-refractivity contribution in [2.45, 2.75) is 12.5 Å². The molecule has 1 aromatic carbocycles. The number of benzene rings is 1. The first-order valence-electron chi connectivity index (χ1n) is 6.48. The van der Waals surface area contributed by atoms with E-state index in [1.54, 1.807) is 36.2 Å². The zero-order chi connectivity index (χ0) is 14.5. The number of amides is 2. The van der Waals surface area contributed by atoms with Crippen LogP contribution < -0.4 is 4.90 Å². The van der Waals surface area contributed by atoms with Gasteiger partial charge in [0.05, 0.1) is 12.6 Å². The lowest BCUT2D eigenvalue weighted by Gasteiger charge is -2.30. The van der Waals surface area contributed by atoms with Crippen molar-refractivity contribution in [1.29, 1.82) is 0 Å². The van der Waals surface area contributed by atoms with Gasteiger partial charge in [0, 0.05) is 19.3 Å². The van der Waals surface area contributed by atoms with Crippen LogP contribution in [0.25, 0.3) is 0 Å². The van der Waals surface area contributed by atoms with Gasteiger partial charge in [-0.05, 0) is 18.6 Å². The Bertz CT molecular complexity index is 471. The summed E-state index contributed by atoms with van der Waals surface area (Å²) in [7, 11) is 1.68. The summed E-state index contributed by atoms with van der Waals surface area (Å²) in [5.74, 6) is -1.04. The van der Waals surface area contributed by atoms with Crippen LogP contribution in [0, 0.1) is 0 Å². The molecule has 0 spiro atoms. The largest absolute Gasteiger partial charge is 0.480 e. The molecule has 6 nitrogen and oxygen atoms in total. The predicted octanol–water partition coefficient (Wildman–Crippen LogP) is 1.42. The third kappa shape index (κ3) is 3.27. The molecule has 1 fully saturated rings. The second-order valence-corrected chi connectivity index (χ2v) is 4.73.